The van der Waals surface area contributed by atoms with Crippen LogP contribution in [0.3, 0.4) is 0 Å². The molecule has 0 saturated heterocycles. The average Bonchev–Trinajstić information content (AvgIpc) is 2.58. The molecule has 0 aliphatic carbocycles. The molecular weight excluding hydrogens is 391 g/mol. The highest BCUT2D eigenvalue weighted by Gasteiger charge is 2.18. The number of anilines is 2. The second-order valence-corrected chi connectivity index (χ2v) is 6.05. The Hall–Kier alpha value is -2.15. The van der Waals surface area contributed by atoms with Gasteiger partial charge in [-0.05, 0) is 24.3 Å². The maximum Gasteiger partial charge on any atom is 0.342 e. The minimum absolute atomic E-state index is 0.0593. The zero-order valence-electron chi connectivity index (χ0n) is 12.9. The van der Waals surface area contributed by atoms with Crippen LogP contribution in [-0.4, -0.2) is 25.6 Å². The highest BCUT2D eigenvalue weighted by Crippen LogP contribution is 2.29. The number of amides is 1. The van der Waals surface area contributed by atoms with Crippen LogP contribution in [0.25, 0.3) is 0 Å². The SMILES string of the molecule is COc1cc(N)c(Cl)cc1C(=O)OCC(=O)Nc1ccc(Cl)c(Cl)c1. The van der Waals surface area contributed by atoms with Crippen molar-refractivity contribution in [2.75, 3.05) is 24.8 Å². The van der Waals surface area contributed by atoms with E-state index in [1.54, 1.807) is 6.07 Å². The van der Waals surface area contributed by atoms with Crippen LogP contribution in [0.15, 0.2) is 30.3 Å². The molecule has 2 rings (SSSR count). The summed E-state index contributed by atoms with van der Waals surface area (Å²) in [6.07, 6.45) is 0. The highest BCUT2D eigenvalue weighted by molar-refractivity contribution is 6.42. The molecular formula is C16H13Cl3N2O4. The molecule has 3 N–H and O–H groups in total. The van der Waals surface area contributed by atoms with Crippen molar-refractivity contribution < 1.29 is 19.1 Å². The van der Waals surface area contributed by atoms with Gasteiger partial charge in [0, 0.05) is 11.8 Å². The standard InChI is InChI=1S/C16H13Cl3N2O4/c1-24-14-6-13(20)12(19)5-9(14)16(23)25-7-15(22)21-8-2-3-10(17)11(18)4-8/h2-6H,7,20H2,1H3,(H,21,22). The van der Waals surface area contributed by atoms with Crippen molar-refractivity contribution in [2.45, 2.75) is 0 Å². The molecule has 0 radical (unpaired) electrons. The molecule has 0 aliphatic rings. The number of esters is 1. The van der Waals surface area contributed by atoms with E-state index in [1.807, 2.05) is 0 Å². The van der Waals surface area contributed by atoms with Gasteiger partial charge in [0.25, 0.3) is 5.91 Å². The first-order valence-electron chi connectivity index (χ1n) is 6.87. The van der Waals surface area contributed by atoms with Gasteiger partial charge in [-0.3, -0.25) is 4.79 Å². The molecule has 0 aromatic heterocycles. The number of nitrogen functional groups attached to an aromatic ring is 1. The molecule has 0 fully saturated rings. The highest BCUT2D eigenvalue weighted by atomic mass is 35.5. The van der Waals surface area contributed by atoms with Gasteiger partial charge in [0.1, 0.15) is 11.3 Å². The van der Waals surface area contributed by atoms with Gasteiger partial charge in [0.05, 0.1) is 27.9 Å². The van der Waals surface area contributed by atoms with Crippen molar-refractivity contribution in [3.63, 3.8) is 0 Å². The number of carbonyl (C=O) groups is 2. The molecule has 0 saturated carbocycles. The smallest absolute Gasteiger partial charge is 0.342 e. The second kappa shape index (κ2) is 8.29. The van der Waals surface area contributed by atoms with E-state index < -0.39 is 18.5 Å². The zero-order valence-corrected chi connectivity index (χ0v) is 15.2. The third-order valence-corrected chi connectivity index (χ3v) is 4.14. The number of benzene rings is 2. The number of hydrogen-bond acceptors (Lipinski definition) is 5. The van der Waals surface area contributed by atoms with E-state index in [0.717, 1.165) is 0 Å². The van der Waals surface area contributed by atoms with E-state index in [0.29, 0.717) is 10.7 Å². The molecule has 2 aromatic rings. The molecule has 0 atom stereocenters. The lowest BCUT2D eigenvalue weighted by molar-refractivity contribution is -0.119. The number of carbonyl (C=O) groups excluding carboxylic acids is 2. The van der Waals surface area contributed by atoms with Gasteiger partial charge >= 0.3 is 5.97 Å². The summed E-state index contributed by atoms with van der Waals surface area (Å²) < 4.78 is 10.0. The molecule has 0 spiro atoms. The Bertz CT molecular complexity index is 827. The molecule has 9 heteroatoms. The molecule has 25 heavy (non-hydrogen) atoms. The Morgan fingerprint density at radius 2 is 1.80 bits per heavy atom. The molecule has 132 valence electrons. The number of rotatable bonds is 5. The quantitative estimate of drug-likeness (QED) is 0.581. The van der Waals surface area contributed by atoms with Crippen molar-refractivity contribution in [3.8, 4) is 5.75 Å². The minimum Gasteiger partial charge on any atom is -0.496 e. The number of nitrogens with two attached hydrogens (primary N) is 1. The maximum absolute atomic E-state index is 12.1. The summed E-state index contributed by atoms with van der Waals surface area (Å²) in [5.41, 5.74) is 6.38. The lowest BCUT2D eigenvalue weighted by Crippen LogP contribution is -2.21. The fourth-order valence-electron chi connectivity index (χ4n) is 1.88. The van der Waals surface area contributed by atoms with Gasteiger partial charge in [-0.15, -0.1) is 0 Å². The van der Waals surface area contributed by atoms with Crippen LogP contribution >= 0.6 is 34.8 Å². The fraction of sp³-hybridized carbons (Fsp3) is 0.125. The van der Waals surface area contributed by atoms with Crippen molar-refractivity contribution in [1.29, 1.82) is 0 Å². The first-order chi connectivity index (χ1) is 11.8. The van der Waals surface area contributed by atoms with Crippen molar-refractivity contribution in [1.82, 2.24) is 0 Å². The minimum atomic E-state index is -0.775. The number of nitrogens with one attached hydrogen (secondary N) is 1. The van der Waals surface area contributed by atoms with Gasteiger partial charge in [-0.25, -0.2) is 4.79 Å². The largest absolute Gasteiger partial charge is 0.496 e. The molecule has 6 nitrogen and oxygen atoms in total. The molecule has 0 bridgehead atoms. The van der Waals surface area contributed by atoms with E-state index in [-0.39, 0.29) is 27.0 Å². The van der Waals surface area contributed by atoms with Crippen LogP contribution in [0.4, 0.5) is 11.4 Å². The van der Waals surface area contributed by atoms with Crippen molar-refractivity contribution >= 4 is 58.1 Å². The van der Waals surface area contributed by atoms with E-state index >= 15 is 0 Å². The Balaban J connectivity index is 2.01. The Morgan fingerprint density at radius 1 is 1.08 bits per heavy atom. The Kier molecular flexibility index (Phi) is 6.36. The van der Waals surface area contributed by atoms with Crippen molar-refractivity contribution in [2.24, 2.45) is 0 Å². The van der Waals surface area contributed by atoms with Crippen LogP contribution in [0.1, 0.15) is 10.4 Å². The molecule has 1 amide bonds. The number of halogens is 3. The number of methoxy groups -OCH3 is 1. The normalized spacial score (nSPS) is 10.2. The van der Waals surface area contributed by atoms with Gasteiger partial charge in [0.2, 0.25) is 0 Å². The van der Waals surface area contributed by atoms with E-state index in [2.05, 4.69) is 5.32 Å². The second-order valence-electron chi connectivity index (χ2n) is 4.83. The van der Waals surface area contributed by atoms with Gasteiger partial charge in [-0.2, -0.15) is 0 Å². The third-order valence-electron chi connectivity index (χ3n) is 3.08. The molecule has 0 heterocycles. The monoisotopic (exact) mass is 402 g/mol. The third kappa shape index (κ3) is 4.92. The predicted molar refractivity (Wildman–Crippen MR) is 97.8 cm³/mol. The average molecular weight is 404 g/mol. The number of hydrogen-bond donors (Lipinski definition) is 2. The topological polar surface area (TPSA) is 90.7 Å². The zero-order chi connectivity index (χ0) is 18.6. The van der Waals surface area contributed by atoms with E-state index in [4.69, 9.17) is 50.0 Å². The van der Waals surface area contributed by atoms with Crippen LogP contribution in [0.5, 0.6) is 5.75 Å². The fourth-order valence-corrected chi connectivity index (χ4v) is 2.34. The Morgan fingerprint density at radius 3 is 2.44 bits per heavy atom. The summed E-state index contributed by atoms with van der Waals surface area (Å²) in [6, 6.07) is 7.29. The summed E-state index contributed by atoms with van der Waals surface area (Å²) >= 11 is 17.5. The summed E-state index contributed by atoms with van der Waals surface area (Å²) in [5, 5.41) is 3.35. The first-order valence-corrected chi connectivity index (χ1v) is 8.00. The van der Waals surface area contributed by atoms with Gasteiger partial charge < -0.3 is 20.5 Å². The van der Waals surface area contributed by atoms with Crippen LogP contribution in [-0.2, 0) is 9.53 Å². The van der Waals surface area contributed by atoms with Crippen LogP contribution in [0.2, 0.25) is 15.1 Å². The van der Waals surface area contributed by atoms with Gasteiger partial charge in [0.15, 0.2) is 6.61 Å². The van der Waals surface area contributed by atoms with E-state index in [9.17, 15) is 9.59 Å². The summed E-state index contributed by atoms with van der Waals surface area (Å²) in [5.74, 6) is -1.13. The first kappa shape index (κ1) is 19.2. The van der Waals surface area contributed by atoms with Gasteiger partial charge in [-0.1, -0.05) is 34.8 Å². The predicted octanol–water partition coefficient (Wildman–Crippen LogP) is 4.03. The van der Waals surface area contributed by atoms with Crippen molar-refractivity contribution in [3.05, 3.63) is 51.0 Å². The summed E-state index contributed by atoms with van der Waals surface area (Å²) in [6.45, 7) is -0.510. The van der Waals surface area contributed by atoms with Crippen LogP contribution in [0, 0.1) is 0 Å². The lowest BCUT2D eigenvalue weighted by Gasteiger charge is -2.11. The van der Waals surface area contributed by atoms with E-state index in [1.165, 1.54) is 31.4 Å². The summed E-state index contributed by atoms with van der Waals surface area (Å²) in [7, 11) is 1.37. The Labute approximate surface area is 158 Å². The molecule has 2 aromatic carbocycles. The lowest BCUT2D eigenvalue weighted by atomic mass is 10.2. The maximum atomic E-state index is 12.1. The molecule has 0 aliphatic heterocycles. The number of ether oxygens (including phenoxy) is 2. The van der Waals surface area contributed by atoms with Crippen LogP contribution < -0.4 is 15.8 Å². The summed E-state index contributed by atoms with van der Waals surface area (Å²) in [4.78, 5) is 24.0. The molecule has 0 unspecified atom stereocenters.